The Labute approximate surface area is 193 Å². The SMILES string of the molecule is CC(=O)Nc1ccc(Nc2ncnc(N(Cc3ccccc3)Cc3ccccc3)c2N)cc1. The van der Waals surface area contributed by atoms with Gasteiger partial charge in [0, 0.05) is 31.4 Å². The molecule has 7 nitrogen and oxygen atoms in total. The summed E-state index contributed by atoms with van der Waals surface area (Å²) in [5.41, 5.74) is 10.9. The summed E-state index contributed by atoms with van der Waals surface area (Å²) in [5, 5.41) is 6.01. The fourth-order valence-electron chi connectivity index (χ4n) is 3.53. The van der Waals surface area contributed by atoms with Crippen LogP contribution in [-0.4, -0.2) is 15.9 Å². The monoisotopic (exact) mass is 438 g/mol. The Kier molecular flexibility index (Phi) is 6.80. The van der Waals surface area contributed by atoms with Gasteiger partial charge in [-0.05, 0) is 35.4 Å². The molecule has 1 heterocycles. The largest absolute Gasteiger partial charge is 0.393 e. The van der Waals surface area contributed by atoms with Gasteiger partial charge < -0.3 is 21.3 Å². The van der Waals surface area contributed by atoms with E-state index in [4.69, 9.17) is 5.73 Å². The zero-order chi connectivity index (χ0) is 23.0. The minimum absolute atomic E-state index is 0.114. The van der Waals surface area contributed by atoms with Crippen molar-refractivity contribution < 1.29 is 4.79 Å². The second-order valence-corrected chi connectivity index (χ2v) is 7.67. The third kappa shape index (κ3) is 5.86. The van der Waals surface area contributed by atoms with Crippen molar-refractivity contribution in [3.05, 3.63) is 102 Å². The standard InChI is InChI=1S/C26H26N6O/c1-19(33)30-22-12-14-23(15-13-22)31-25-24(27)26(29-18-28-25)32(16-20-8-4-2-5-9-20)17-21-10-6-3-7-11-21/h2-15,18H,16-17,27H2,1H3,(H,30,33)(H,28,29,31). The van der Waals surface area contributed by atoms with E-state index in [0.717, 1.165) is 22.5 Å². The second-order valence-electron chi connectivity index (χ2n) is 7.67. The number of hydrogen-bond donors (Lipinski definition) is 3. The normalized spacial score (nSPS) is 10.5. The predicted molar refractivity (Wildman–Crippen MR) is 133 cm³/mol. The van der Waals surface area contributed by atoms with E-state index in [-0.39, 0.29) is 5.91 Å². The molecule has 0 fully saturated rings. The maximum Gasteiger partial charge on any atom is 0.221 e. The summed E-state index contributed by atoms with van der Waals surface area (Å²) in [6.45, 7) is 2.79. The smallest absolute Gasteiger partial charge is 0.221 e. The van der Waals surface area contributed by atoms with Gasteiger partial charge in [0.1, 0.15) is 12.0 Å². The summed E-state index contributed by atoms with van der Waals surface area (Å²) >= 11 is 0. The molecule has 0 aliphatic carbocycles. The first-order valence-corrected chi connectivity index (χ1v) is 10.7. The van der Waals surface area contributed by atoms with Crippen molar-refractivity contribution in [2.75, 3.05) is 21.3 Å². The number of carbonyl (C=O) groups is 1. The first-order chi connectivity index (χ1) is 16.1. The lowest BCUT2D eigenvalue weighted by Gasteiger charge is -2.26. The number of nitrogen functional groups attached to an aromatic ring is 1. The Morgan fingerprint density at radius 3 is 1.91 bits per heavy atom. The molecular weight excluding hydrogens is 412 g/mol. The molecule has 33 heavy (non-hydrogen) atoms. The van der Waals surface area contributed by atoms with E-state index >= 15 is 0 Å². The summed E-state index contributed by atoms with van der Waals surface area (Å²) in [7, 11) is 0. The Morgan fingerprint density at radius 1 is 0.818 bits per heavy atom. The maximum atomic E-state index is 11.2. The lowest BCUT2D eigenvalue weighted by atomic mass is 10.1. The molecule has 4 N–H and O–H groups in total. The summed E-state index contributed by atoms with van der Waals surface area (Å²) in [4.78, 5) is 22.3. The van der Waals surface area contributed by atoms with Crippen molar-refractivity contribution in [2.45, 2.75) is 20.0 Å². The van der Waals surface area contributed by atoms with Crippen LogP contribution in [-0.2, 0) is 17.9 Å². The number of nitrogens with two attached hydrogens (primary N) is 1. The number of nitrogens with one attached hydrogen (secondary N) is 2. The zero-order valence-corrected chi connectivity index (χ0v) is 18.4. The van der Waals surface area contributed by atoms with Gasteiger partial charge in [-0.1, -0.05) is 60.7 Å². The molecule has 0 saturated heterocycles. The first-order valence-electron chi connectivity index (χ1n) is 10.7. The minimum atomic E-state index is -0.114. The number of rotatable bonds is 8. The molecule has 0 spiro atoms. The topological polar surface area (TPSA) is 96.2 Å². The molecule has 7 heteroatoms. The number of aromatic nitrogens is 2. The molecule has 0 unspecified atom stereocenters. The number of hydrogen-bond acceptors (Lipinski definition) is 6. The molecule has 0 atom stereocenters. The van der Waals surface area contributed by atoms with Crippen molar-refractivity contribution in [1.29, 1.82) is 0 Å². The van der Waals surface area contributed by atoms with Crippen molar-refractivity contribution >= 4 is 34.6 Å². The van der Waals surface area contributed by atoms with Crippen LogP contribution in [0.3, 0.4) is 0 Å². The molecule has 0 bridgehead atoms. The molecule has 1 aromatic heterocycles. The summed E-state index contributed by atoms with van der Waals surface area (Å²) in [6, 6.07) is 27.8. The number of carbonyl (C=O) groups excluding carboxylic acids is 1. The lowest BCUT2D eigenvalue weighted by Crippen LogP contribution is -2.24. The van der Waals surface area contributed by atoms with E-state index in [1.165, 1.54) is 13.3 Å². The predicted octanol–water partition coefficient (Wildman–Crippen LogP) is 4.97. The van der Waals surface area contributed by atoms with Crippen LogP contribution in [0.4, 0.5) is 28.7 Å². The van der Waals surface area contributed by atoms with Crippen LogP contribution >= 0.6 is 0 Å². The van der Waals surface area contributed by atoms with Crippen LogP contribution in [0, 0.1) is 0 Å². The highest BCUT2D eigenvalue weighted by Gasteiger charge is 2.17. The van der Waals surface area contributed by atoms with Crippen LogP contribution in [0.25, 0.3) is 0 Å². The fraction of sp³-hybridized carbons (Fsp3) is 0.115. The third-order valence-electron chi connectivity index (χ3n) is 5.06. The molecule has 0 saturated carbocycles. The van der Waals surface area contributed by atoms with Crippen molar-refractivity contribution in [1.82, 2.24) is 9.97 Å². The van der Waals surface area contributed by atoms with Crippen molar-refractivity contribution in [3.63, 3.8) is 0 Å². The van der Waals surface area contributed by atoms with E-state index in [2.05, 4.69) is 49.8 Å². The van der Waals surface area contributed by atoms with E-state index in [1.807, 2.05) is 60.7 Å². The van der Waals surface area contributed by atoms with Gasteiger partial charge in [-0.3, -0.25) is 4.79 Å². The summed E-state index contributed by atoms with van der Waals surface area (Å²) in [6.07, 6.45) is 1.52. The molecule has 1 amide bonds. The number of anilines is 5. The van der Waals surface area contributed by atoms with Gasteiger partial charge in [0.2, 0.25) is 5.91 Å². The molecule has 0 aliphatic rings. The Hall–Kier alpha value is -4.39. The van der Waals surface area contributed by atoms with E-state index in [9.17, 15) is 4.79 Å². The summed E-state index contributed by atoms with van der Waals surface area (Å²) < 4.78 is 0. The molecule has 166 valence electrons. The van der Waals surface area contributed by atoms with Crippen molar-refractivity contribution in [3.8, 4) is 0 Å². The summed E-state index contributed by atoms with van der Waals surface area (Å²) in [5.74, 6) is 1.07. The molecule has 4 rings (SSSR count). The van der Waals surface area contributed by atoms with Gasteiger partial charge in [-0.25, -0.2) is 9.97 Å². The average molecular weight is 439 g/mol. The molecule has 0 aliphatic heterocycles. The Bertz CT molecular complexity index is 1160. The molecule has 3 aromatic carbocycles. The highest BCUT2D eigenvalue weighted by atomic mass is 16.1. The van der Waals surface area contributed by atoms with Crippen LogP contribution in [0.1, 0.15) is 18.1 Å². The maximum absolute atomic E-state index is 11.2. The Balaban J connectivity index is 1.60. The van der Waals surface area contributed by atoms with Gasteiger partial charge in [0.25, 0.3) is 0 Å². The Morgan fingerprint density at radius 2 is 1.36 bits per heavy atom. The second kappa shape index (κ2) is 10.3. The zero-order valence-electron chi connectivity index (χ0n) is 18.4. The van der Waals surface area contributed by atoms with Crippen LogP contribution in [0.5, 0.6) is 0 Å². The van der Waals surface area contributed by atoms with E-state index in [1.54, 1.807) is 0 Å². The quantitative estimate of drug-likeness (QED) is 0.360. The lowest BCUT2D eigenvalue weighted by molar-refractivity contribution is -0.114. The van der Waals surface area contributed by atoms with Gasteiger partial charge in [0.15, 0.2) is 11.6 Å². The van der Waals surface area contributed by atoms with Crippen LogP contribution < -0.4 is 21.3 Å². The van der Waals surface area contributed by atoms with E-state index in [0.29, 0.717) is 30.4 Å². The highest BCUT2D eigenvalue weighted by Crippen LogP contribution is 2.31. The van der Waals surface area contributed by atoms with Crippen LogP contribution in [0.15, 0.2) is 91.3 Å². The van der Waals surface area contributed by atoms with Gasteiger partial charge in [-0.15, -0.1) is 0 Å². The number of benzene rings is 3. The third-order valence-corrected chi connectivity index (χ3v) is 5.06. The molecule has 4 aromatic rings. The minimum Gasteiger partial charge on any atom is -0.393 e. The fourth-order valence-corrected chi connectivity index (χ4v) is 3.53. The van der Waals surface area contributed by atoms with Gasteiger partial charge in [0.05, 0.1) is 0 Å². The van der Waals surface area contributed by atoms with Crippen LogP contribution in [0.2, 0.25) is 0 Å². The first kappa shape index (κ1) is 21.8. The molecular formula is C26H26N6O. The molecule has 0 radical (unpaired) electrons. The van der Waals surface area contributed by atoms with E-state index < -0.39 is 0 Å². The van der Waals surface area contributed by atoms with Crippen molar-refractivity contribution in [2.24, 2.45) is 0 Å². The highest BCUT2D eigenvalue weighted by molar-refractivity contribution is 5.89. The number of amides is 1. The van der Waals surface area contributed by atoms with Gasteiger partial charge in [-0.2, -0.15) is 0 Å². The number of nitrogens with zero attached hydrogens (tertiary/aromatic N) is 3. The van der Waals surface area contributed by atoms with Gasteiger partial charge >= 0.3 is 0 Å². The average Bonchev–Trinajstić information content (AvgIpc) is 2.82.